The van der Waals surface area contributed by atoms with Gasteiger partial charge in [-0.15, -0.1) is 0 Å². The van der Waals surface area contributed by atoms with Crippen LogP contribution in [-0.2, 0) is 0 Å². The lowest BCUT2D eigenvalue weighted by Crippen LogP contribution is -2.53. The van der Waals surface area contributed by atoms with Crippen LogP contribution in [0.25, 0.3) is 22.2 Å². The van der Waals surface area contributed by atoms with Crippen LogP contribution >= 0.6 is 0 Å². The van der Waals surface area contributed by atoms with E-state index >= 15 is 0 Å². The van der Waals surface area contributed by atoms with Gasteiger partial charge in [0.05, 0.1) is 17.9 Å². The molecule has 1 aliphatic heterocycles. The lowest BCUT2D eigenvalue weighted by atomic mass is 9.85. The molecule has 0 spiro atoms. The Bertz CT molecular complexity index is 1080. The number of hydrogen-bond acceptors (Lipinski definition) is 4. The molecular formula is C27H30N4. The second kappa shape index (κ2) is 8.01. The van der Waals surface area contributed by atoms with Gasteiger partial charge in [0.25, 0.3) is 0 Å². The van der Waals surface area contributed by atoms with Crippen LogP contribution in [-0.4, -0.2) is 34.7 Å². The summed E-state index contributed by atoms with van der Waals surface area (Å²) in [6, 6.07) is 23.5. The van der Waals surface area contributed by atoms with E-state index in [0.29, 0.717) is 6.04 Å². The Labute approximate surface area is 184 Å². The number of nitrogens with zero attached hydrogens (tertiary/aromatic N) is 3. The van der Waals surface area contributed by atoms with Crippen molar-refractivity contribution in [3.63, 3.8) is 0 Å². The third kappa shape index (κ3) is 3.81. The van der Waals surface area contributed by atoms with Crippen molar-refractivity contribution in [3.8, 4) is 11.3 Å². The lowest BCUT2D eigenvalue weighted by molar-refractivity contribution is 0.141. The number of aromatic nitrogens is 1. The van der Waals surface area contributed by atoms with Gasteiger partial charge in [0.1, 0.15) is 0 Å². The monoisotopic (exact) mass is 410 g/mol. The smallest absolute Gasteiger partial charge is 0.0944 e. The molecule has 0 atom stereocenters. The van der Waals surface area contributed by atoms with Crippen molar-refractivity contribution in [1.29, 1.82) is 0 Å². The van der Waals surface area contributed by atoms with Gasteiger partial charge in [0, 0.05) is 47.2 Å². The minimum absolute atomic E-state index is 0.670. The molecule has 31 heavy (non-hydrogen) atoms. The summed E-state index contributed by atoms with van der Waals surface area (Å²) < 4.78 is 0. The number of nitrogens with one attached hydrogen (secondary N) is 1. The molecule has 2 aromatic carbocycles. The van der Waals surface area contributed by atoms with Crippen molar-refractivity contribution in [2.24, 2.45) is 0 Å². The summed E-state index contributed by atoms with van der Waals surface area (Å²) in [4.78, 5) is 9.79. The molecule has 0 bridgehead atoms. The molecule has 3 aromatic rings. The Morgan fingerprint density at radius 2 is 1.65 bits per heavy atom. The zero-order chi connectivity index (χ0) is 20.6. The summed E-state index contributed by atoms with van der Waals surface area (Å²) in [5, 5.41) is 5.06. The molecule has 0 unspecified atom stereocenters. The third-order valence-electron chi connectivity index (χ3n) is 7.24. The molecule has 0 radical (unpaired) electrons. The van der Waals surface area contributed by atoms with Gasteiger partial charge in [-0.25, -0.2) is 4.98 Å². The first kappa shape index (κ1) is 18.9. The predicted octanol–water partition coefficient (Wildman–Crippen LogP) is 5.52. The first-order valence-corrected chi connectivity index (χ1v) is 11.7. The summed E-state index contributed by atoms with van der Waals surface area (Å²) in [5.41, 5.74) is 4.45. The summed E-state index contributed by atoms with van der Waals surface area (Å²) in [6.45, 7) is 0.935. The average Bonchev–Trinajstić information content (AvgIpc) is 3.48. The minimum atomic E-state index is 0.670. The number of pyridine rings is 1. The van der Waals surface area contributed by atoms with Crippen LogP contribution in [0.4, 0.5) is 5.69 Å². The summed E-state index contributed by atoms with van der Waals surface area (Å²) in [5.74, 6) is 0. The average molecular weight is 411 g/mol. The SMILES string of the molecule is C1=CN(C2CC(NC3CCCC3)C2)CN1c1ccc2ccc(-c3ccccc3)nc2c1. The van der Waals surface area contributed by atoms with Crippen LogP contribution in [0.15, 0.2) is 73.1 Å². The first-order valence-electron chi connectivity index (χ1n) is 11.7. The molecule has 1 aromatic heterocycles. The topological polar surface area (TPSA) is 31.4 Å². The Morgan fingerprint density at radius 1 is 0.839 bits per heavy atom. The van der Waals surface area contributed by atoms with E-state index in [4.69, 9.17) is 4.98 Å². The van der Waals surface area contributed by atoms with E-state index in [-0.39, 0.29) is 0 Å². The molecule has 0 amide bonds. The van der Waals surface area contributed by atoms with Gasteiger partial charge in [0.15, 0.2) is 0 Å². The number of rotatable bonds is 5. The Balaban J connectivity index is 1.12. The fourth-order valence-corrected chi connectivity index (χ4v) is 5.32. The van der Waals surface area contributed by atoms with Gasteiger partial charge in [-0.1, -0.05) is 55.3 Å². The maximum Gasteiger partial charge on any atom is 0.0944 e. The third-order valence-corrected chi connectivity index (χ3v) is 7.24. The maximum atomic E-state index is 4.95. The fraction of sp³-hybridized carbons (Fsp3) is 0.370. The molecule has 2 heterocycles. The molecule has 1 N–H and O–H groups in total. The largest absolute Gasteiger partial charge is 0.355 e. The van der Waals surface area contributed by atoms with Gasteiger partial charge in [-0.2, -0.15) is 0 Å². The van der Waals surface area contributed by atoms with Crippen LogP contribution in [0.2, 0.25) is 0 Å². The van der Waals surface area contributed by atoms with Crippen molar-refractivity contribution in [1.82, 2.24) is 15.2 Å². The van der Waals surface area contributed by atoms with Gasteiger partial charge >= 0.3 is 0 Å². The number of hydrogen-bond donors (Lipinski definition) is 1. The van der Waals surface area contributed by atoms with Gasteiger partial charge in [0.2, 0.25) is 0 Å². The Hall–Kier alpha value is -2.85. The fourth-order valence-electron chi connectivity index (χ4n) is 5.32. The van der Waals surface area contributed by atoms with Crippen molar-refractivity contribution in [2.75, 3.05) is 11.6 Å². The van der Waals surface area contributed by atoms with Crippen LogP contribution in [0.1, 0.15) is 38.5 Å². The van der Waals surface area contributed by atoms with E-state index in [0.717, 1.165) is 35.5 Å². The van der Waals surface area contributed by atoms with Gasteiger partial charge in [-0.05, 0) is 43.9 Å². The molecule has 6 rings (SSSR count). The highest BCUT2D eigenvalue weighted by atomic mass is 15.4. The van der Waals surface area contributed by atoms with Gasteiger partial charge in [-0.3, -0.25) is 0 Å². The molecule has 2 fully saturated rings. The van der Waals surface area contributed by atoms with Crippen molar-refractivity contribution in [2.45, 2.75) is 56.7 Å². The van der Waals surface area contributed by atoms with E-state index in [1.54, 1.807) is 0 Å². The molecule has 2 aliphatic carbocycles. The standard InChI is InChI=1S/C27H30N4/c1-2-6-20(7-3-1)26-13-11-21-10-12-24(18-27(21)29-26)30-14-15-31(19-30)25-16-23(17-25)28-22-8-4-5-9-22/h1-3,6-7,10-15,18,22-23,25,28H,4-5,8-9,16-17,19H2. The molecule has 0 saturated heterocycles. The molecule has 4 heteroatoms. The highest BCUT2D eigenvalue weighted by molar-refractivity contribution is 5.85. The van der Waals surface area contributed by atoms with Gasteiger partial charge < -0.3 is 15.1 Å². The highest BCUT2D eigenvalue weighted by Crippen LogP contribution is 2.32. The van der Waals surface area contributed by atoms with E-state index in [1.807, 2.05) is 6.07 Å². The quantitative estimate of drug-likeness (QED) is 0.600. The van der Waals surface area contributed by atoms with E-state index in [9.17, 15) is 0 Å². The van der Waals surface area contributed by atoms with Crippen LogP contribution in [0.5, 0.6) is 0 Å². The lowest BCUT2D eigenvalue weighted by Gasteiger charge is -2.43. The van der Waals surface area contributed by atoms with E-state index < -0.39 is 0 Å². The van der Waals surface area contributed by atoms with Crippen molar-refractivity contribution < 1.29 is 0 Å². The number of anilines is 1. The first-order chi connectivity index (χ1) is 15.3. The van der Waals surface area contributed by atoms with Crippen molar-refractivity contribution >= 4 is 16.6 Å². The molecule has 2 saturated carbocycles. The van der Waals surface area contributed by atoms with E-state index in [1.165, 1.54) is 49.6 Å². The van der Waals surface area contributed by atoms with Crippen LogP contribution in [0.3, 0.4) is 0 Å². The number of benzene rings is 2. The number of fused-ring (bicyclic) bond motifs is 1. The maximum absolute atomic E-state index is 4.95. The predicted molar refractivity (Wildman–Crippen MR) is 128 cm³/mol. The van der Waals surface area contributed by atoms with Crippen LogP contribution in [0, 0.1) is 0 Å². The highest BCUT2D eigenvalue weighted by Gasteiger charge is 2.35. The Morgan fingerprint density at radius 3 is 2.48 bits per heavy atom. The van der Waals surface area contributed by atoms with Crippen LogP contribution < -0.4 is 10.2 Å². The zero-order valence-corrected chi connectivity index (χ0v) is 18.0. The Kier molecular flexibility index (Phi) is 4.88. The van der Waals surface area contributed by atoms with E-state index in [2.05, 4.69) is 82.1 Å². The summed E-state index contributed by atoms with van der Waals surface area (Å²) >= 11 is 0. The minimum Gasteiger partial charge on any atom is -0.355 e. The molecule has 158 valence electrons. The molecule has 4 nitrogen and oxygen atoms in total. The zero-order valence-electron chi connectivity index (χ0n) is 18.0. The summed E-state index contributed by atoms with van der Waals surface area (Å²) in [6.07, 6.45) is 12.6. The molecular weight excluding hydrogens is 380 g/mol. The normalized spacial score (nSPS) is 23.6. The second-order valence-electron chi connectivity index (χ2n) is 9.33. The second-order valence-corrected chi connectivity index (χ2v) is 9.33. The molecule has 3 aliphatic rings. The summed E-state index contributed by atoms with van der Waals surface area (Å²) in [7, 11) is 0. The van der Waals surface area contributed by atoms with Crippen molar-refractivity contribution in [3.05, 3.63) is 73.1 Å².